The van der Waals surface area contributed by atoms with Gasteiger partial charge in [-0.05, 0) is 38.7 Å². The minimum absolute atomic E-state index is 0.159. The molecule has 1 aliphatic carbocycles. The minimum Gasteiger partial charge on any atom is -0.393 e. The lowest BCUT2D eigenvalue weighted by Crippen LogP contribution is -2.30. The fourth-order valence-electron chi connectivity index (χ4n) is 4.51. The van der Waals surface area contributed by atoms with Crippen LogP contribution in [-0.2, 0) is 9.47 Å². The van der Waals surface area contributed by atoms with Crippen molar-refractivity contribution < 1.29 is 23.4 Å². The molecular weight excluding hydrogens is 434 g/mol. The van der Waals surface area contributed by atoms with Gasteiger partial charge in [-0.2, -0.15) is 13.9 Å². The maximum atomic E-state index is 12.4. The van der Waals surface area contributed by atoms with E-state index in [1.54, 1.807) is 13.1 Å². The zero-order valence-corrected chi connectivity index (χ0v) is 18.4. The molecule has 3 aromatic heterocycles. The molecule has 11 heteroatoms. The fraction of sp³-hybridized carbons (Fsp3) is 0.591. The predicted octanol–water partition coefficient (Wildman–Crippen LogP) is 3.22. The summed E-state index contributed by atoms with van der Waals surface area (Å²) in [6, 6.07) is 2.01. The number of hydrogen-bond donors (Lipinski definition) is 2. The maximum absolute atomic E-state index is 12.4. The highest BCUT2D eigenvalue weighted by molar-refractivity contribution is 5.81. The summed E-state index contributed by atoms with van der Waals surface area (Å²) in [5, 5.41) is 22.2. The lowest BCUT2D eigenvalue weighted by Gasteiger charge is -2.25. The van der Waals surface area contributed by atoms with Crippen LogP contribution in [0.3, 0.4) is 0 Å². The van der Waals surface area contributed by atoms with E-state index >= 15 is 0 Å². The molecule has 3 aromatic rings. The van der Waals surface area contributed by atoms with Gasteiger partial charge < -0.3 is 19.9 Å². The number of ether oxygens (including phenoxy) is 2. The molecule has 1 saturated heterocycles. The second-order valence-electron chi connectivity index (χ2n) is 8.91. The molecule has 5 rings (SSSR count). The average molecular weight is 463 g/mol. The molecule has 2 N–H and O–H groups in total. The second kappa shape index (κ2) is 9.32. The minimum atomic E-state index is -2.81. The standard InChI is InChI=1S/C22H28F2N6O3/c1-13(10-33-21(23)24)27-22-25-8-20-18(15-7-26-29(9-15)16-11-32-12-16)6-19(30(20)28-22)14-2-4-17(31)5-3-14/h6-9,13-14,16-17,21,31H,2-5,10-12H2,1H3,(H,27,28)/t13-,14?,17?/m0/s1. The van der Waals surface area contributed by atoms with Gasteiger partial charge in [0.15, 0.2) is 0 Å². The van der Waals surface area contributed by atoms with Crippen LogP contribution in [0.4, 0.5) is 14.7 Å². The summed E-state index contributed by atoms with van der Waals surface area (Å²) >= 11 is 0. The number of alkyl halides is 2. The van der Waals surface area contributed by atoms with E-state index in [1.165, 1.54) is 0 Å². The van der Waals surface area contributed by atoms with Crippen LogP contribution >= 0.6 is 0 Å². The van der Waals surface area contributed by atoms with Gasteiger partial charge in [0.25, 0.3) is 0 Å². The third-order valence-electron chi connectivity index (χ3n) is 6.41. The molecule has 0 bridgehead atoms. The topological polar surface area (TPSA) is 98.7 Å². The lowest BCUT2D eigenvalue weighted by atomic mass is 9.85. The van der Waals surface area contributed by atoms with E-state index in [0.717, 1.165) is 48.0 Å². The van der Waals surface area contributed by atoms with Gasteiger partial charge in [0, 0.05) is 35.0 Å². The van der Waals surface area contributed by atoms with Gasteiger partial charge in [-0.15, -0.1) is 5.10 Å². The van der Waals surface area contributed by atoms with Crippen molar-refractivity contribution in [1.82, 2.24) is 24.4 Å². The molecule has 2 fully saturated rings. The number of rotatable bonds is 8. The van der Waals surface area contributed by atoms with Crippen LogP contribution in [0.25, 0.3) is 16.6 Å². The smallest absolute Gasteiger partial charge is 0.345 e. The summed E-state index contributed by atoms with van der Waals surface area (Å²) in [5.41, 5.74) is 3.86. The monoisotopic (exact) mass is 462 g/mol. The normalized spacial score (nSPS) is 22.6. The number of nitrogens with zero attached hydrogens (tertiary/aromatic N) is 5. The van der Waals surface area contributed by atoms with Gasteiger partial charge in [0.2, 0.25) is 5.95 Å². The molecule has 1 atom stereocenters. The van der Waals surface area contributed by atoms with Crippen molar-refractivity contribution in [2.75, 3.05) is 25.1 Å². The zero-order chi connectivity index (χ0) is 22.9. The zero-order valence-electron chi connectivity index (χ0n) is 18.4. The maximum Gasteiger partial charge on any atom is 0.345 e. The summed E-state index contributed by atoms with van der Waals surface area (Å²) < 4.78 is 38.2. The molecule has 1 saturated carbocycles. The molecule has 0 spiro atoms. The van der Waals surface area contributed by atoms with E-state index in [-0.39, 0.29) is 30.7 Å². The van der Waals surface area contributed by atoms with Crippen molar-refractivity contribution in [3.8, 4) is 11.1 Å². The van der Waals surface area contributed by atoms with E-state index in [1.807, 2.05) is 21.6 Å². The summed E-state index contributed by atoms with van der Waals surface area (Å²) in [4.78, 5) is 4.43. The Balaban J connectivity index is 1.47. The lowest BCUT2D eigenvalue weighted by molar-refractivity contribution is -0.130. The Morgan fingerprint density at radius 1 is 1.24 bits per heavy atom. The number of halogens is 2. The second-order valence-corrected chi connectivity index (χ2v) is 8.91. The van der Waals surface area contributed by atoms with Gasteiger partial charge in [-0.1, -0.05) is 0 Å². The molecule has 0 radical (unpaired) electrons. The number of hydrogen-bond acceptors (Lipinski definition) is 7. The van der Waals surface area contributed by atoms with Crippen molar-refractivity contribution in [1.29, 1.82) is 0 Å². The van der Waals surface area contributed by atoms with Crippen molar-refractivity contribution in [3.05, 3.63) is 30.4 Å². The number of anilines is 1. The number of fused-ring (bicyclic) bond motifs is 1. The van der Waals surface area contributed by atoms with E-state index in [4.69, 9.17) is 9.84 Å². The van der Waals surface area contributed by atoms with Crippen LogP contribution in [0, 0.1) is 0 Å². The van der Waals surface area contributed by atoms with Crippen molar-refractivity contribution in [3.63, 3.8) is 0 Å². The molecule has 1 aliphatic heterocycles. The Morgan fingerprint density at radius 2 is 2.03 bits per heavy atom. The van der Waals surface area contributed by atoms with Crippen LogP contribution < -0.4 is 5.32 Å². The van der Waals surface area contributed by atoms with Gasteiger partial charge in [0.05, 0.1) is 49.9 Å². The molecular formula is C22H28F2N6O3. The first-order valence-corrected chi connectivity index (χ1v) is 11.3. The Labute approximate surface area is 189 Å². The summed E-state index contributed by atoms with van der Waals surface area (Å²) in [6.07, 6.45) is 8.61. The molecule has 178 valence electrons. The molecule has 0 amide bonds. The third kappa shape index (κ3) is 4.71. The van der Waals surface area contributed by atoms with Crippen LogP contribution in [-0.4, -0.2) is 68.1 Å². The Morgan fingerprint density at radius 3 is 2.73 bits per heavy atom. The Bertz CT molecular complexity index is 1090. The molecule has 0 unspecified atom stereocenters. The summed E-state index contributed by atoms with van der Waals surface area (Å²) in [7, 11) is 0. The van der Waals surface area contributed by atoms with E-state index in [2.05, 4.69) is 26.2 Å². The molecule has 2 aliphatic rings. The van der Waals surface area contributed by atoms with Gasteiger partial charge in [-0.3, -0.25) is 4.68 Å². The summed E-state index contributed by atoms with van der Waals surface area (Å²) in [6.45, 7) is 0.0924. The first kappa shape index (κ1) is 22.2. The summed E-state index contributed by atoms with van der Waals surface area (Å²) in [5.74, 6) is 0.599. The van der Waals surface area contributed by atoms with Gasteiger partial charge in [-0.25, -0.2) is 9.50 Å². The van der Waals surface area contributed by atoms with Crippen LogP contribution in [0.1, 0.15) is 50.3 Å². The first-order valence-electron chi connectivity index (χ1n) is 11.3. The van der Waals surface area contributed by atoms with E-state index in [9.17, 15) is 13.9 Å². The largest absolute Gasteiger partial charge is 0.393 e. The fourth-order valence-corrected chi connectivity index (χ4v) is 4.51. The molecule has 0 aromatic carbocycles. The molecule has 4 heterocycles. The van der Waals surface area contributed by atoms with Crippen LogP contribution in [0.2, 0.25) is 0 Å². The third-order valence-corrected chi connectivity index (χ3v) is 6.41. The van der Waals surface area contributed by atoms with Gasteiger partial charge in [0.1, 0.15) is 0 Å². The quantitative estimate of drug-likeness (QED) is 0.530. The number of aromatic nitrogens is 5. The SMILES string of the molecule is C[C@@H](COC(F)F)Nc1ncc2c(-c3cnn(C4COC4)c3)cc(C3CCC(O)CC3)n2n1. The Kier molecular flexibility index (Phi) is 6.26. The van der Waals surface area contributed by atoms with Gasteiger partial charge >= 0.3 is 6.61 Å². The van der Waals surface area contributed by atoms with Crippen LogP contribution in [0.5, 0.6) is 0 Å². The predicted molar refractivity (Wildman–Crippen MR) is 116 cm³/mol. The average Bonchev–Trinajstić information content (AvgIpc) is 3.36. The van der Waals surface area contributed by atoms with E-state index in [0.29, 0.717) is 19.2 Å². The molecule has 33 heavy (non-hydrogen) atoms. The van der Waals surface area contributed by atoms with Crippen molar-refractivity contribution in [2.24, 2.45) is 0 Å². The van der Waals surface area contributed by atoms with Crippen molar-refractivity contribution >= 4 is 11.5 Å². The van der Waals surface area contributed by atoms with Crippen molar-refractivity contribution in [2.45, 2.75) is 63.3 Å². The number of aliphatic hydroxyl groups excluding tert-OH is 1. The highest BCUT2D eigenvalue weighted by atomic mass is 19.3. The van der Waals surface area contributed by atoms with E-state index < -0.39 is 6.61 Å². The number of aliphatic hydroxyl groups is 1. The highest BCUT2D eigenvalue weighted by Gasteiger charge is 2.27. The molecule has 9 nitrogen and oxygen atoms in total. The van der Waals surface area contributed by atoms with Crippen LogP contribution in [0.15, 0.2) is 24.7 Å². The number of nitrogens with one attached hydrogen (secondary N) is 1. The highest BCUT2D eigenvalue weighted by Crippen LogP contribution is 2.37. The first-order chi connectivity index (χ1) is 16.0. The Hall–Kier alpha value is -2.63.